The van der Waals surface area contributed by atoms with E-state index in [4.69, 9.17) is 0 Å². The Balaban J connectivity index is 2.00. The van der Waals surface area contributed by atoms with E-state index in [0.717, 1.165) is 17.8 Å². The number of benzene rings is 1. The van der Waals surface area contributed by atoms with Gasteiger partial charge in [-0.2, -0.15) is 0 Å². The Labute approximate surface area is 114 Å². The lowest BCUT2D eigenvalue weighted by Gasteiger charge is -2.23. The summed E-state index contributed by atoms with van der Waals surface area (Å²) >= 11 is 0. The van der Waals surface area contributed by atoms with Crippen molar-refractivity contribution >= 4 is 17.0 Å². The van der Waals surface area contributed by atoms with Gasteiger partial charge in [-0.1, -0.05) is 24.3 Å². The quantitative estimate of drug-likeness (QED) is 0.800. The van der Waals surface area contributed by atoms with E-state index < -0.39 is 0 Å². The van der Waals surface area contributed by atoms with Crippen LogP contribution in [0, 0.1) is 0 Å². The van der Waals surface area contributed by atoms with Crippen LogP contribution >= 0.6 is 0 Å². The second-order valence-corrected chi connectivity index (χ2v) is 5.29. The zero-order chi connectivity index (χ0) is 13.2. The molecule has 0 radical (unpaired) electrons. The molecular weight excluding hydrogens is 234 g/mol. The first kappa shape index (κ1) is 12.2. The molecule has 1 aromatic rings. The van der Waals surface area contributed by atoms with Gasteiger partial charge in [0.25, 0.3) is 0 Å². The molecule has 0 saturated heterocycles. The Kier molecular flexibility index (Phi) is 3.24. The lowest BCUT2D eigenvalue weighted by molar-refractivity contribution is 0.101. The summed E-state index contributed by atoms with van der Waals surface area (Å²) in [6.45, 7) is 2.46. The molecule has 3 rings (SSSR count). The average molecular weight is 253 g/mol. The number of allylic oxidation sites excluding steroid dienone is 3. The van der Waals surface area contributed by atoms with Crippen molar-refractivity contribution in [1.29, 1.82) is 0 Å². The first-order valence-electron chi connectivity index (χ1n) is 7.04. The number of carbonyl (C=O) groups excluding carboxylic acids is 1. The van der Waals surface area contributed by atoms with E-state index in [-0.39, 0.29) is 5.78 Å². The van der Waals surface area contributed by atoms with Gasteiger partial charge < -0.3 is 5.32 Å². The third-order valence-electron chi connectivity index (χ3n) is 3.95. The number of carbonyl (C=O) groups is 1. The molecular formula is C17H19NO. The lowest BCUT2D eigenvalue weighted by Crippen LogP contribution is -2.11. The summed E-state index contributed by atoms with van der Waals surface area (Å²) in [5.41, 5.74) is 5.96. The van der Waals surface area contributed by atoms with E-state index in [1.54, 1.807) is 6.92 Å². The van der Waals surface area contributed by atoms with Crippen LogP contribution in [-0.2, 0) is 0 Å². The van der Waals surface area contributed by atoms with Crippen LogP contribution in [0.4, 0.5) is 5.69 Å². The van der Waals surface area contributed by atoms with Crippen molar-refractivity contribution in [2.24, 2.45) is 0 Å². The van der Waals surface area contributed by atoms with Gasteiger partial charge in [0.1, 0.15) is 0 Å². The number of hydrogen-bond acceptors (Lipinski definition) is 2. The maximum absolute atomic E-state index is 11.5. The minimum Gasteiger partial charge on any atom is -0.381 e. The van der Waals surface area contributed by atoms with E-state index in [0.29, 0.717) is 0 Å². The minimum absolute atomic E-state index is 0.123. The molecule has 19 heavy (non-hydrogen) atoms. The molecule has 1 heterocycles. The van der Waals surface area contributed by atoms with Gasteiger partial charge in [-0.05, 0) is 49.8 Å². The van der Waals surface area contributed by atoms with Crippen molar-refractivity contribution in [2.75, 3.05) is 11.9 Å². The molecule has 0 spiro atoms. The fourth-order valence-corrected chi connectivity index (χ4v) is 2.90. The van der Waals surface area contributed by atoms with Crippen molar-refractivity contribution in [3.63, 3.8) is 0 Å². The fraction of sp³-hybridized carbons (Fsp3) is 0.353. The van der Waals surface area contributed by atoms with Crippen LogP contribution in [0.15, 0.2) is 35.9 Å². The third kappa shape index (κ3) is 2.35. The fourth-order valence-electron chi connectivity index (χ4n) is 2.90. The smallest absolute Gasteiger partial charge is 0.159 e. The number of ketones is 1. The molecule has 2 nitrogen and oxygen atoms in total. The number of Topliss-reactive ketones (excluding diaryl/α,β-unsaturated/α-hetero) is 1. The number of hydrogen-bond donors (Lipinski definition) is 1. The highest BCUT2D eigenvalue weighted by Gasteiger charge is 2.17. The van der Waals surface area contributed by atoms with Gasteiger partial charge in [0.2, 0.25) is 0 Å². The van der Waals surface area contributed by atoms with E-state index >= 15 is 0 Å². The molecule has 0 unspecified atom stereocenters. The van der Waals surface area contributed by atoms with Crippen molar-refractivity contribution in [2.45, 2.75) is 32.6 Å². The topological polar surface area (TPSA) is 29.1 Å². The molecule has 0 bridgehead atoms. The summed E-state index contributed by atoms with van der Waals surface area (Å²) in [5, 5.41) is 3.37. The van der Waals surface area contributed by atoms with E-state index in [1.807, 2.05) is 12.1 Å². The van der Waals surface area contributed by atoms with Crippen LogP contribution in [-0.4, -0.2) is 12.3 Å². The lowest BCUT2D eigenvalue weighted by atomic mass is 9.86. The van der Waals surface area contributed by atoms with Crippen molar-refractivity contribution in [3.05, 3.63) is 47.1 Å². The molecule has 1 aromatic carbocycles. The van der Waals surface area contributed by atoms with Gasteiger partial charge in [-0.15, -0.1) is 0 Å². The molecule has 0 atom stereocenters. The predicted molar refractivity (Wildman–Crippen MR) is 79.5 cm³/mol. The highest BCUT2D eigenvalue weighted by Crippen LogP contribution is 2.36. The summed E-state index contributed by atoms with van der Waals surface area (Å²) in [7, 11) is 0. The van der Waals surface area contributed by atoms with Crippen LogP contribution in [0.2, 0.25) is 0 Å². The molecule has 0 amide bonds. The van der Waals surface area contributed by atoms with Gasteiger partial charge in [0.05, 0.1) is 0 Å². The third-order valence-corrected chi connectivity index (χ3v) is 3.95. The highest BCUT2D eigenvalue weighted by molar-refractivity contribution is 5.97. The maximum Gasteiger partial charge on any atom is 0.159 e. The second kappa shape index (κ2) is 5.04. The van der Waals surface area contributed by atoms with Crippen LogP contribution in [0.25, 0.3) is 5.57 Å². The van der Waals surface area contributed by atoms with Gasteiger partial charge in [-0.3, -0.25) is 4.79 Å². The molecule has 1 aliphatic heterocycles. The molecule has 2 aliphatic rings. The van der Waals surface area contributed by atoms with E-state index in [2.05, 4.69) is 23.5 Å². The van der Waals surface area contributed by atoms with E-state index in [9.17, 15) is 4.79 Å². The Morgan fingerprint density at radius 3 is 2.84 bits per heavy atom. The van der Waals surface area contributed by atoms with Crippen molar-refractivity contribution in [3.8, 4) is 0 Å². The zero-order valence-electron chi connectivity index (χ0n) is 11.3. The minimum atomic E-state index is 0.123. The van der Waals surface area contributed by atoms with Gasteiger partial charge in [-0.25, -0.2) is 0 Å². The maximum atomic E-state index is 11.5. The predicted octanol–water partition coefficient (Wildman–Crippen LogP) is 4.20. The number of rotatable bonds is 2. The SMILES string of the molecule is CC(=O)c1ccc2c(c1)NCC=C2C1=CCCCC1. The van der Waals surface area contributed by atoms with Crippen LogP contribution in [0.5, 0.6) is 0 Å². The summed E-state index contributed by atoms with van der Waals surface area (Å²) in [5.74, 6) is 0.123. The second-order valence-electron chi connectivity index (χ2n) is 5.29. The molecule has 0 saturated carbocycles. The number of fused-ring (bicyclic) bond motifs is 1. The Morgan fingerprint density at radius 1 is 1.21 bits per heavy atom. The molecule has 2 heteroatoms. The van der Waals surface area contributed by atoms with Crippen molar-refractivity contribution < 1.29 is 4.79 Å². The Morgan fingerprint density at radius 2 is 2.11 bits per heavy atom. The normalized spacial score (nSPS) is 17.9. The number of nitrogens with one attached hydrogen (secondary N) is 1. The molecule has 0 aromatic heterocycles. The Bertz CT molecular complexity index is 581. The average Bonchev–Trinajstić information content (AvgIpc) is 2.47. The van der Waals surface area contributed by atoms with Crippen LogP contribution < -0.4 is 5.32 Å². The van der Waals surface area contributed by atoms with Gasteiger partial charge in [0, 0.05) is 23.4 Å². The first-order valence-corrected chi connectivity index (χ1v) is 7.04. The summed E-state index contributed by atoms with van der Waals surface area (Å²) < 4.78 is 0. The van der Waals surface area contributed by atoms with Gasteiger partial charge >= 0.3 is 0 Å². The first-order chi connectivity index (χ1) is 9.25. The van der Waals surface area contributed by atoms with Crippen LogP contribution in [0.1, 0.15) is 48.5 Å². The Hall–Kier alpha value is -1.83. The largest absolute Gasteiger partial charge is 0.381 e. The van der Waals surface area contributed by atoms with E-state index in [1.165, 1.54) is 42.4 Å². The monoisotopic (exact) mass is 253 g/mol. The highest BCUT2D eigenvalue weighted by atomic mass is 16.1. The molecule has 1 aliphatic carbocycles. The molecule has 1 N–H and O–H groups in total. The summed E-state index contributed by atoms with van der Waals surface area (Å²) in [6.07, 6.45) is 9.62. The zero-order valence-corrected chi connectivity index (χ0v) is 11.3. The number of anilines is 1. The standard InChI is InChI=1S/C17H19NO/c1-12(19)14-7-8-16-15(9-10-18-17(16)11-14)13-5-3-2-4-6-13/h5,7-9,11,18H,2-4,6,10H2,1H3. The summed E-state index contributed by atoms with van der Waals surface area (Å²) in [4.78, 5) is 11.5. The van der Waals surface area contributed by atoms with Gasteiger partial charge in [0.15, 0.2) is 5.78 Å². The van der Waals surface area contributed by atoms with Crippen LogP contribution in [0.3, 0.4) is 0 Å². The molecule has 98 valence electrons. The van der Waals surface area contributed by atoms with Crippen molar-refractivity contribution in [1.82, 2.24) is 0 Å². The summed E-state index contributed by atoms with van der Waals surface area (Å²) in [6, 6.07) is 6.00. The molecule has 0 fully saturated rings.